The first-order chi connectivity index (χ1) is 11.3. The van der Waals surface area contributed by atoms with Gasteiger partial charge < -0.3 is 19.5 Å². The van der Waals surface area contributed by atoms with Gasteiger partial charge in [-0.15, -0.1) is 0 Å². The van der Waals surface area contributed by atoms with Crippen LogP contribution < -0.4 is 10.6 Å². The van der Waals surface area contributed by atoms with Crippen molar-refractivity contribution in [3.05, 3.63) is 0 Å². The van der Waals surface area contributed by atoms with Gasteiger partial charge in [-0.25, -0.2) is 0 Å². The van der Waals surface area contributed by atoms with Gasteiger partial charge >= 0.3 is 0 Å². The smallest absolute Gasteiger partial charge is 0.166 e. The maximum Gasteiger partial charge on any atom is 0.166 e. The maximum atomic E-state index is 5.39. The summed E-state index contributed by atoms with van der Waals surface area (Å²) >= 11 is 0. The van der Waals surface area contributed by atoms with Gasteiger partial charge in [-0.2, -0.15) is 0 Å². The molecule has 0 aromatic heterocycles. The van der Waals surface area contributed by atoms with Gasteiger partial charge in [0.15, 0.2) is 19.5 Å². The average Bonchev–Trinajstić information content (AvgIpc) is 2.48. The number of hydrogen-bond donors (Lipinski definition) is 2. The molecule has 0 saturated carbocycles. The number of nitrogens with one attached hydrogen (secondary N) is 2. The summed E-state index contributed by atoms with van der Waals surface area (Å²) in [7, 11) is 2.95. The molecule has 0 fully saturated rings. The molecule has 0 bridgehead atoms. The van der Waals surface area contributed by atoms with Crippen molar-refractivity contribution in [3.63, 3.8) is 0 Å². The van der Waals surface area contributed by atoms with Crippen molar-refractivity contribution < 1.29 is 8.85 Å². The largest absolute Gasteiger partial charge is 0.427 e. The third kappa shape index (κ3) is 15.8. The summed E-state index contributed by atoms with van der Waals surface area (Å²) in [6, 6.07) is 0. The molecule has 0 saturated heterocycles. The molecule has 0 unspecified atom stereocenters. The molecule has 4 nitrogen and oxygen atoms in total. The van der Waals surface area contributed by atoms with Crippen LogP contribution >= 0.6 is 0 Å². The van der Waals surface area contributed by atoms with E-state index in [1.54, 1.807) is 0 Å². The van der Waals surface area contributed by atoms with Gasteiger partial charge in [0.25, 0.3) is 0 Å². The van der Waals surface area contributed by atoms with E-state index in [0.29, 0.717) is 10.1 Å². The second-order valence-corrected chi connectivity index (χ2v) is 14.2. The molecule has 146 valence electrons. The lowest BCUT2D eigenvalue weighted by Gasteiger charge is -2.22. The fraction of sp³-hybridized carbons (Fsp3) is 1.00. The first-order valence-corrected chi connectivity index (χ1v) is 12.3. The summed E-state index contributed by atoms with van der Waals surface area (Å²) in [5, 5.41) is 8.01. The van der Waals surface area contributed by atoms with E-state index in [0.717, 1.165) is 26.2 Å². The van der Waals surface area contributed by atoms with E-state index in [9.17, 15) is 0 Å². The Kier molecular flexibility index (Phi) is 14.6. The summed E-state index contributed by atoms with van der Waals surface area (Å²) in [5.74, 6) is 0. The molecule has 0 heterocycles. The molecular formula is C18H44N2O2Si2. The zero-order chi connectivity index (χ0) is 18.3. The van der Waals surface area contributed by atoms with Crippen molar-refractivity contribution in [2.45, 2.75) is 76.3 Å². The summed E-state index contributed by atoms with van der Waals surface area (Å²) < 4.78 is 10.8. The van der Waals surface area contributed by atoms with Crippen molar-refractivity contribution >= 4 is 19.5 Å². The van der Waals surface area contributed by atoms with Crippen LogP contribution in [0.15, 0.2) is 0 Å². The number of unbranched alkanes of at least 4 members (excludes halogenated alkanes) is 3. The van der Waals surface area contributed by atoms with Gasteiger partial charge in [0.1, 0.15) is 0 Å². The minimum atomic E-state index is -0.372. The Balaban J connectivity index is 3.29. The molecule has 0 radical (unpaired) electrons. The van der Waals surface area contributed by atoms with E-state index >= 15 is 0 Å². The molecule has 0 aliphatic rings. The van der Waals surface area contributed by atoms with Gasteiger partial charge in [0.05, 0.1) is 0 Å². The maximum absolute atomic E-state index is 5.39. The van der Waals surface area contributed by atoms with Crippen molar-refractivity contribution in [1.82, 2.24) is 10.6 Å². The van der Waals surface area contributed by atoms with E-state index in [-0.39, 0.29) is 19.5 Å². The van der Waals surface area contributed by atoms with Gasteiger partial charge in [-0.05, 0) is 61.9 Å². The molecule has 2 N–H and O–H groups in total. The van der Waals surface area contributed by atoms with Crippen LogP contribution in [0, 0.1) is 0 Å². The standard InChI is InChI=1S/C18H44N2O2Si2/c1-17(2,23-21-5)11-15-19-13-9-7-8-10-14-20-16-12-18(3,4)24-22-6/h19-20H,7-16,23-24H2,1-6H3. The van der Waals surface area contributed by atoms with Gasteiger partial charge in [0, 0.05) is 14.2 Å². The highest BCUT2D eigenvalue weighted by atomic mass is 28.2. The quantitative estimate of drug-likeness (QED) is 0.302. The van der Waals surface area contributed by atoms with Crippen LogP contribution in [0.25, 0.3) is 0 Å². The third-order valence-corrected chi connectivity index (χ3v) is 7.33. The molecule has 0 amide bonds. The van der Waals surface area contributed by atoms with Crippen LogP contribution in [0.4, 0.5) is 0 Å². The van der Waals surface area contributed by atoms with E-state index in [1.807, 2.05) is 14.2 Å². The van der Waals surface area contributed by atoms with Crippen LogP contribution in [0.2, 0.25) is 10.1 Å². The summed E-state index contributed by atoms with van der Waals surface area (Å²) in [6.07, 6.45) is 7.75. The zero-order valence-electron chi connectivity index (χ0n) is 17.3. The first-order valence-electron chi connectivity index (χ1n) is 9.72. The molecule has 0 aliphatic heterocycles. The summed E-state index contributed by atoms with van der Waals surface area (Å²) in [5.41, 5.74) is 0. The molecular weight excluding hydrogens is 332 g/mol. The SMILES string of the molecule is CO[SiH2]C(C)(C)CCNCCCCCCNCCC(C)(C)[SiH2]OC. The Morgan fingerprint density at radius 3 is 1.33 bits per heavy atom. The fourth-order valence-corrected chi connectivity index (χ4v) is 5.09. The van der Waals surface area contributed by atoms with Crippen LogP contribution in [0.3, 0.4) is 0 Å². The Bertz CT molecular complexity index is 262. The molecule has 0 rings (SSSR count). The predicted octanol–water partition coefficient (Wildman–Crippen LogP) is 2.36. The first kappa shape index (κ1) is 24.3. The summed E-state index contributed by atoms with van der Waals surface area (Å²) in [6.45, 7) is 13.9. The highest BCUT2D eigenvalue weighted by molar-refractivity contribution is 6.32. The van der Waals surface area contributed by atoms with Crippen molar-refractivity contribution in [1.29, 1.82) is 0 Å². The lowest BCUT2D eigenvalue weighted by molar-refractivity contribution is 0.398. The van der Waals surface area contributed by atoms with E-state index in [2.05, 4.69) is 38.3 Å². The highest BCUT2D eigenvalue weighted by Gasteiger charge is 2.18. The Labute approximate surface area is 156 Å². The molecule has 0 aromatic rings. The van der Waals surface area contributed by atoms with Crippen LogP contribution in [0.1, 0.15) is 66.2 Å². The molecule has 0 aromatic carbocycles. The normalized spacial score (nSPS) is 13.8. The number of rotatable bonds is 17. The Morgan fingerprint density at radius 2 is 1.00 bits per heavy atom. The molecule has 0 spiro atoms. The fourth-order valence-electron chi connectivity index (χ4n) is 2.88. The number of hydrogen-bond acceptors (Lipinski definition) is 4. The second-order valence-electron chi connectivity index (χ2n) is 8.61. The lowest BCUT2D eigenvalue weighted by Crippen LogP contribution is -2.24. The van der Waals surface area contributed by atoms with E-state index in [1.165, 1.54) is 38.5 Å². The van der Waals surface area contributed by atoms with Gasteiger partial charge in [-0.3, -0.25) is 0 Å². The van der Waals surface area contributed by atoms with Gasteiger partial charge in [-0.1, -0.05) is 40.5 Å². The van der Waals surface area contributed by atoms with Gasteiger partial charge in [0.2, 0.25) is 0 Å². The van der Waals surface area contributed by atoms with Crippen molar-refractivity contribution in [3.8, 4) is 0 Å². The average molecular weight is 377 g/mol. The Hall–Kier alpha value is 0.274. The minimum absolute atomic E-state index is 0.372. The van der Waals surface area contributed by atoms with E-state index < -0.39 is 0 Å². The zero-order valence-corrected chi connectivity index (χ0v) is 20.1. The van der Waals surface area contributed by atoms with E-state index in [4.69, 9.17) is 8.85 Å². The third-order valence-electron chi connectivity index (χ3n) is 4.48. The molecule has 0 aliphatic carbocycles. The van der Waals surface area contributed by atoms with Crippen LogP contribution in [0.5, 0.6) is 0 Å². The topological polar surface area (TPSA) is 42.5 Å². The predicted molar refractivity (Wildman–Crippen MR) is 113 cm³/mol. The van der Waals surface area contributed by atoms with Crippen LogP contribution in [-0.4, -0.2) is 59.9 Å². The minimum Gasteiger partial charge on any atom is -0.427 e. The summed E-state index contributed by atoms with van der Waals surface area (Å²) in [4.78, 5) is 0. The highest BCUT2D eigenvalue weighted by Crippen LogP contribution is 2.27. The van der Waals surface area contributed by atoms with Crippen LogP contribution in [-0.2, 0) is 8.85 Å². The molecule has 0 atom stereocenters. The van der Waals surface area contributed by atoms with Crippen molar-refractivity contribution in [2.24, 2.45) is 0 Å². The molecule has 24 heavy (non-hydrogen) atoms. The monoisotopic (exact) mass is 376 g/mol. The lowest BCUT2D eigenvalue weighted by atomic mass is 10.1. The molecule has 6 heteroatoms. The Morgan fingerprint density at radius 1 is 0.625 bits per heavy atom. The second kappa shape index (κ2) is 14.4. The van der Waals surface area contributed by atoms with Crippen molar-refractivity contribution in [2.75, 3.05) is 40.4 Å².